The van der Waals surface area contributed by atoms with E-state index in [0.717, 1.165) is 17.7 Å². The van der Waals surface area contributed by atoms with Crippen molar-refractivity contribution in [3.05, 3.63) is 52.7 Å². The molecule has 3 aromatic rings. The zero-order valence-electron chi connectivity index (χ0n) is 15.7. The Kier molecular flexibility index (Phi) is 5.54. The molecule has 1 amide bonds. The lowest BCUT2D eigenvalue weighted by Crippen LogP contribution is -2.30. The van der Waals surface area contributed by atoms with Gasteiger partial charge in [0, 0.05) is 20.0 Å². The molecule has 0 spiro atoms. The molecule has 27 heavy (non-hydrogen) atoms. The maximum atomic E-state index is 12.4. The van der Waals surface area contributed by atoms with E-state index in [2.05, 4.69) is 15.4 Å². The maximum Gasteiger partial charge on any atom is 0.264 e. The highest BCUT2D eigenvalue weighted by Gasteiger charge is 2.14. The Morgan fingerprint density at radius 1 is 1.30 bits per heavy atom. The molecule has 8 nitrogen and oxygen atoms in total. The summed E-state index contributed by atoms with van der Waals surface area (Å²) in [6.07, 6.45) is 3.92. The standard InChI is InChI=1S/C19H23N5O3/c1-4-16(13-5-7-14(27-3)8-6-13)22-17(25)9-10-24-12-20-18-15(19(24)26)11-21-23(18)2/h5-8,11-12,16H,4,9-10H2,1-3H3,(H,22,25). The molecule has 2 aromatic heterocycles. The highest BCUT2D eigenvalue weighted by Crippen LogP contribution is 2.20. The van der Waals surface area contributed by atoms with Crippen molar-refractivity contribution in [1.82, 2.24) is 24.6 Å². The van der Waals surface area contributed by atoms with Crippen molar-refractivity contribution >= 4 is 16.9 Å². The second-order valence-electron chi connectivity index (χ2n) is 6.30. The average molecular weight is 369 g/mol. The van der Waals surface area contributed by atoms with Crippen LogP contribution in [0.3, 0.4) is 0 Å². The quantitative estimate of drug-likeness (QED) is 0.686. The molecule has 1 aromatic carbocycles. The van der Waals surface area contributed by atoms with Gasteiger partial charge >= 0.3 is 0 Å². The van der Waals surface area contributed by atoms with Gasteiger partial charge in [-0.25, -0.2) is 4.98 Å². The molecule has 0 saturated carbocycles. The van der Waals surface area contributed by atoms with Crippen LogP contribution < -0.4 is 15.6 Å². The van der Waals surface area contributed by atoms with Crippen LogP contribution in [0.25, 0.3) is 11.0 Å². The molecule has 0 aliphatic rings. The van der Waals surface area contributed by atoms with Crippen LogP contribution in [0.5, 0.6) is 5.75 Å². The van der Waals surface area contributed by atoms with Gasteiger partial charge in [0.05, 0.1) is 25.7 Å². The molecule has 3 rings (SSSR count). The van der Waals surface area contributed by atoms with Gasteiger partial charge in [-0.15, -0.1) is 0 Å². The molecule has 0 radical (unpaired) electrons. The zero-order valence-corrected chi connectivity index (χ0v) is 15.7. The van der Waals surface area contributed by atoms with Crippen LogP contribution in [-0.2, 0) is 18.4 Å². The lowest BCUT2D eigenvalue weighted by Gasteiger charge is -2.18. The summed E-state index contributed by atoms with van der Waals surface area (Å²) >= 11 is 0. The number of hydrogen-bond acceptors (Lipinski definition) is 5. The number of methoxy groups -OCH3 is 1. The molecular formula is C19H23N5O3. The van der Waals surface area contributed by atoms with Gasteiger partial charge in [0.2, 0.25) is 5.91 Å². The first-order valence-electron chi connectivity index (χ1n) is 8.84. The Labute approximate surface area is 156 Å². The summed E-state index contributed by atoms with van der Waals surface area (Å²) < 4.78 is 8.16. The summed E-state index contributed by atoms with van der Waals surface area (Å²) in [6.45, 7) is 2.28. The van der Waals surface area contributed by atoms with Crippen LogP contribution in [0.1, 0.15) is 31.4 Å². The lowest BCUT2D eigenvalue weighted by atomic mass is 10.0. The minimum absolute atomic E-state index is 0.0842. The monoisotopic (exact) mass is 369 g/mol. The number of benzene rings is 1. The zero-order chi connectivity index (χ0) is 19.4. The van der Waals surface area contributed by atoms with Gasteiger partial charge in [-0.05, 0) is 24.1 Å². The van der Waals surface area contributed by atoms with E-state index < -0.39 is 0 Å². The van der Waals surface area contributed by atoms with Gasteiger partial charge in [0.25, 0.3) is 5.56 Å². The Morgan fingerprint density at radius 3 is 2.70 bits per heavy atom. The molecule has 0 aliphatic heterocycles. The average Bonchev–Trinajstić information content (AvgIpc) is 3.07. The second-order valence-corrected chi connectivity index (χ2v) is 6.30. The molecule has 0 bridgehead atoms. The Morgan fingerprint density at radius 2 is 2.04 bits per heavy atom. The first-order valence-corrected chi connectivity index (χ1v) is 8.84. The van der Waals surface area contributed by atoms with Crippen molar-refractivity contribution in [2.24, 2.45) is 7.05 Å². The van der Waals surface area contributed by atoms with E-state index in [-0.39, 0.29) is 30.5 Å². The number of ether oxygens (including phenoxy) is 1. The summed E-state index contributed by atoms with van der Waals surface area (Å²) in [4.78, 5) is 29.1. The van der Waals surface area contributed by atoms with Crippen molar-refractivity contribution in [1.29, 1.82) is 0 Å². The number of rotatable bonds is 7. The minimum Gasteiger partial charge on any atom is -0.497 e. The van der Waals surface area contributed by atoms with Crippen molar-refractivity contribution in [3.63, 3.8) is 0 Å². The van der Waals surface area contributed by atoms with Gasteiger partial charge in [0.1, 0.15) is 11.1 Å². The Hall–Kier alpha value is -3.16. The molecule has 2 heterocycles. The molecule has 1 atom stereocenters. The Balaban J connectivity index is 1.64. The molecule has 0 saturated heterocycles. The van der Waals surface area contributed by atoms with E-state index in [1.54, 1.807) is 18.8 Å². The fraction of sp³-hybridized carbons (Fsp3) is 0.368. The SMILES string of the molecule is CCC(NC(=O)CCn1cnc2c(cnn2C)c1=O)c1ccc(OC)cc1. The van der Waals surface area contributed by atoms with Crippen molar-refractivity contribution in [3.8, 4) is 5.75 Å². The van der Waals surface area contributed by atoms with Crippen LogP contribution in [-0.4, -0.2) is 32.3 Å². The van der Waals surface area contributed by atoms with E-state index >= 15 is 0 Å². The normalized spacial score (nSPS) is 12.1. The fourth-order valence-corrected chi connectivity index (χ4v) is 2.97. The maximum absolute atomic E-state index is 12.4. The minimum atomic E-state index is -0.192. The number of aryl methyl sites for hydroxylation is 2. The van der Waals surface area contributed by atoms with Gasteiger partial charge in [-0.1, -0.05) is 19.1 Å². The van der Waals surface area contributed by atoms with Crippen LogP contribution in [0.4, 0.5) is 0 Å². The van der Waals surface area contributed by atoms with Crippen molar-refractivity contribution in [2.75, 3.05) is 7.11 Å². The molecular weight excluding hydrogens is 346 g/mol. The predicted octanol–water partition coefficient (Wildman–Crippen LogP) is 1.80. The number of carbonyl (C=O) groups is 1. The highest BCUT2D eigenvalue weighted by atomic mass is 16.5. The molecule has 8 heteroatoms. The highest BCUT2D eigenvalue weighted by molar-refractivity contribution is 5.76. The molecule has 0 fully saturated rings. The molecule has 1 N–H and O–H groups in total. The Bertz CT molecular complexity index is 991. The van der Waals surface area contributed by atoms with Crippen LogP contribution in [0.15, 0.2) is 41.6 Å². The summed E-state index contributed by atoms with van der Waals surface area (Å²) in [5.74, 6) is 0.661. The van der Waals surface area contributed by atoms with E-state index in [9.17, 15) is 9.59 Å². The van der Waals surface area contributed by atoms with E-state index in [1.807, 2.05) is 31.2 Å². The number of carbonyl (C=O) groups excluding carboxylic acids is 1. The topological polar surface area (TPSA) is 91.0 Å². The lowest BCUT2D eigenvalue weighted by molar-refractivity contribution is -0.122. The third-order valence-electron chi connectivity index (χ3n) is 4.56. The molecule has 0 aliphatic carbocycles. The summed E-state index contributed by atoms with van der Waals surface area (Å²) in [7, 11) is 3.35. The van der Waals surface area contributed by atoms with E-state index in [1.165, 1.54) is 17.1 Å². The van der Waals surface area contributed by atoms with Gasteiger partial charge < -0.3 is 10.1 Å². The number of aromatic nitrogens is 4. The smallest absolute Gasteiger partial charge is 0.264 e. The number of nitrogens with zero attached hydrogens (tertiary/aromatic N) is 4. The first-order chi connectivity index (χ1) is 13.0. The molecule has 1 unspecified atom stereocenters. The number of fused-ring (bicyclic) bond motifs is 1. The van der Waals surface area contributed by atoms with Crippen LogP contribution >= 0.6 is 0 Å². The summed E-state index contributed by atoms with van der Waals surface area (Å²) in [5, 5.41) is 7.51. The fourth-order valence-electron chi connectivity index (χ4n) is 2.97. The summed E-state index contributed by atoms with van der Waals surface area (Å²) in [6, 6.07) is 7.55. The number of hydrogen-bond donors (Lipinski definition) is 1. The van der Waals surface area contributed by atoms with E-state index in [4.69, 9.17) is 4.74 Å². The van der Waals surface area contributed by atoms with Crippen molar-refractivity contribution < 1.29 is 9.53 Å². The third-order valence-corrected chi connectivity index (χ3v) is 4.56. The van der Waals surface area contributed by atoms with Crippen LogP contribution in [0, 0.1) is 0 Å². The second kappa shape index (κ2) is 8.03. The van der Waals surface area contributed by atoms with Crippen molar-refractivity contribution in [2.45, 2.75) is 32.4 Å². The number of amides is 1. The van der Waals surface area contributed by atoms with Gasteiger partial charge in [-0.3, -0.25) is 18.8 Å². The molecule has 142 valence electrons. The van der Waals surface area contributed by atoms with Gasteiger partial charge in [0.15, 0.2) is 5.65 Å². The third kappa shape index (κ3) is 3.99. The van der Waals surface area contributed by atoms with Crippen LogP contribution in [0.2, 0.25) is 0 Å². The number of nitrogens with one attached hydrogen (secondary N) is 1. The first kappa shape index (κ1) is 18.6. The largest absolute Gasteiger partial charge is 0.497 e. The van der Waals surface area contributed by atoms with Gasteiger partial charge in [-0.2, -0.15) is 5.10 Å². The van der Waals surface area contributed by atoms with E-state index in [0.29, 0.717) is 11.0 Å². The predicted molar refractivity (Wildman–Crippen MR) is 102 cm³/mol. The summed E-state index contributed by atoms with van der Waals surface area (Å²) in [5.41, 5.74) is 1.36.